The number of amides is 2. The molecule has 1 unspecified atom stereocenters. The summed E-state index contributed by atoms with van der Waals surface area (Å²) < 4.78 is 0. The van der Waals surface area contributed by atoms with Crippen LogP contribution in [0.2, 0.25) is 0 Å². The minimum atomic E-state index is -0.461. The van der Waals surface area contributed by atoms with Crippen molar-refractivity contribution in [2.24, 2.45) is 0 Å². The number of anilines is 1. The Labute approximate surface area is 105 Å². The van der Waals surface area contributed by atoms with Crippen LogP contribution >= 0.6 is 0 Å². The van der Waals surface area contributed by atoms with Crippen LogP contribution < -0.4 is 10.6 Å². The highest BCUT2D eigenvalue weighted by atomic mass is 16.2. The zero-order valence-electron chi connectivity index (χ0n) is 9.99. The Morgan fingerprint density at radius 1 is 1.44 bits per heavy atom. The maximum atomic E-state index is 11.6. The zero-order valence-corrected chi connectivity index (χ0v) is 9.99. The summed E-state index contributed by atoms with van der Waals surface area (Å²) in [6.07, 6.45) is 0.764. The summed E-state index contributed by atoms with van der Waals surface area (Å²) in [5, 5.41) is 14.3. The van der Waals surface area contributed by atoms with E-state index in [1.54, 1.807) is 6.07 Å². The standard InChI is InChI=1S/C13H13N3O2/c1-8-2-3-9(7-14)11(6-8)15-10-4-5-12(17)16-13(10)18/h2-3,6,10,15H,4-5H2,1H3,(H,16,17,18). The molecule has 1 aliphatic heterocycles. The summed E-state index contributed by atoms with van der Waals surface area (Å²) in [5.74, 6) is -0.584. The predicted octanol–water partition coefficient (Wildman–Crippen LogP) is 1.08. The Balaban J connectivity index is 2.19. The molecule has 5 nitrogen and oxygen atoms in total. The predicted molar refractivity (Wildman–Crippen MR) is 65.7 cm³/mol. The van der Waals surface area contributed by atoms with E-state index in [2.05, 4.69) is 16.7 Å². The second kappa shape index (κ2) is 4.88. The Morgan fingerprint density at radius 2 is 2.22 bits per heavy atom. The van der Waals surface area contributed by atoms with Gasteiger partial charge in [-0.3, -0.25) is 14.9 Å². The molecule has 1 aromatic carbocycles. The van der Waals surface area contributed by atoms with E-state index in [0.29, 0.717) is 24.1 Å². The molecule has 1 heterocycles. The molecule has 0 aromatic heterocycles. The van der Waals surface area contributed by atoms with Crippen molar-refractivity contribution in [3.8, 4) is 6.07 Å². The van der Waals surface area contributed by atoms with Crippen LogP contribution in [0.5, 0.6) is 0 Å². The van der Waals surface area contributed by atoms with Crippen LogP contribution in [0, 0.1) is 18.3 Å². The van der Waals surface area contributed by atoms with E-state index in [1.165, 1.54) is 0 Å². The maximum absolute atomic E-state index is 11.6. The molecule has 1 atom stereocenters. The molecule has 1 fully saturated rings. The third-order valence-electron chi connectivity index (χ3n) is 2.86. The summed E-state index contributed by atoms with van der Waals surface area (Å²) in [7, 11) is 0. The van der Waals surface area contributed by atoms with Crippen LogP contribution in [0.15, 0.2) is 18.2 Å². The van der Waals surface area contributed by atoms with Gasteiger partial charge >= 0.3 is 0 Å². The number of aryl methyl sites for hydroxylation is 1. The van der Waals surface area contributed by atoms with Crippen LogP contribution in [0.4, 0.5) is 5.69 Å². The first-order valence-electron chi connectivity index (χ1n) is 5.71. The van der Waals surface area contributed by atoms with E-state index in [-0.39, 0.29) is 11.8 Å². The summed E-state index contributed by atoms with van der Waals surface area (Å²) in [6.45, 7) is 1.91. The van der Waals surface area contributed by atoms with Crippen LogP contribution in [0.1, 0.15) is 24.0 Å². The lowest BCUT2D eigenvalue weighted by Gasteiger charge is -2.23. The van der Waals surface area contributed by atoms with Crippen LogP contribution in [0.25, 0.3) is 0 Å². The molecule has 0 bridgehead atoms. The van der Waals surface area contributed by atoms with E-state index >= 15 is 0 Å². The molecule has 2 rings (SSSR count). The van der Waals surface area contributed by atoms with Crippen molar-refractivity contribution < 1.29 is 9.59 Å². The van der Waals surface area contributed by atoms with E-state index in [0.717, 1.165) is 5.56 Å². The molecule has 0 spiro atoms. The molecule has 1 saturated heterocycles. The van der Waals surface area contributed by atoms with Crippen LogP contribution in [-0.4, -0.2) is 17.9 Å². The lowest BCUT2D eigenvalue weighted by atomic mass is 10.0. The minimum Gasteiger partial charge on any atom is -0.373 e. The molecule has 2 N–H and O–H groups in total. The Morgan fingerprint density at radius 3 is 2.89 bits per heavy atom. The van der Waals surface area contributed by atoms with Gasteiger partial charge < -0.3 is 5.32 Å². The number of benzene rings is 1. The minimum absolute atomic E-state index is 0.247. The van der Waals surface area contributed by atoms with Gasteiger partial charge in [-0.25, -0.2) is 0 Å². The maximum Gasteiger partial charge on any atom is 0.249 e. The number of piperidine rings is 1. The molecule has 0 radical (unpaired) electrons. The van der Waals surface area contributed by atoms with Gasteiger partial charge in [-0.1, -0.05) is 6.07 Å². The van der Waals surface area contributed by atoms with Crippen molar-refractivity contribution in [1.29, 1.82) is 5.26 Å². The molecule has 5 heteroatoms. The van der Waals surface area contributed by atoms with Gasteiger partial charge in [0, 0.05) is 6.42 Å². The van der Waals surface area contributed by atoms with Crippen molar-refractivity contribution >= 4 is 17.5 Å². The average molecular weight is 243 g/mol. The molecular formula is C13H13N3O2. The fraction of sp³-hybridized carbons (Fsp3) is 0.308. The highest BCUT2D eigenvalue weighted by Gasteiger charge is 2.26. The average Bonchev–Trinajstić information content (AvgIpc) is 2.33. The highest BCUT2D eigenvalue weighted by Crippen LogP contribution is 2.19. The van der Waals surface area contributed by atoms with E-state index in [4.69, 9.17) is 5.26 Å². The number of imide groups is 1. The quantitative estimate of drug-likeness (QED) is 0.761. The smallest absolute Gasteiger partial charge is 0.249 e. The molecule has 18 heavy (non-hydrogen) atoms. The van der Waals surface area contributed by atoms with E-state index in [9.17, 15) is 9.59 Å². The first-order chi connectivity index (χ1) is 8.60. The van der Waals surface area contributed by atoms with E-state index in [1.807, 2.05) is 19.1 Å². The van der Waals surface area contributed by atoms with Gasteiger partial charge in [0.05, 0.1) is 11.3 Å². The monoisotopic (exact) mass is 243 g/mol. The van der Waals surface area contributed by atoms with Crippen LogP contribution in [0.3, 0.4) is 0 Å². The SMILES string of the molecule is Cc1ccc(C#N)c(NC2CCC(=O)NC2=O)c1. The number of carbonyl (C=O) groups excluding carboxylic acids is 2. The number of nitriles is 1. The second-order valence-electron chi connectivity index (χ2n) is 4.31. The number of nitrogens with one attached hydrogen (secondary N) is 2. The van der Waals surface area contributed by atoms with Crippen molar-refractivity contribution in [2.75, 3.05) is 5.32 Å². The molecule has 0 aliphatic carbocycles. The number of hydrogen-bond acceptors (Lipinski definition) is 4. The summed E-state index contributed by atoms with van der Waals surface area (Å²) in [6, 6.07) is 6.99. The molecule has 2 amide bonds. The molecule has 92 valence electrons. The van der Waals surface area contributed by atoms with Gasteiger partial charge in [0.1, 0.15) is 12.1 Å². The van der Waals surface area contributed by atoms with Gasteiger partial charge in [0.2, 0.25) is 11.8 Å². The highest BCUT2D eigenvalue weighted by molar-refractivity contribution is 6.01. The zero-order chi connectivity index (χ0) is 13.1. The number of carbonyl (C=O) groups is 2. The number of rotatable bonds is 2. The van der Waals surface area contributed by atoms with Crippen molar-refractivity contribution in [3.05, 3.63) is 29.3 Å². The molecule has 1 aliphatic rings. The van der Waals surface area contributed by atoms with Gasteiger partial charge in [-0.15, -0.1) is 0 Å². The van der Waals surface area contributed by atoms with Crippen LogP contribution in [-0.2, 0) is 9.59 Å². The van der Waals surface area contributed by atoms with E-state index < -0.39 is 6.04 Å². The fourth-order valence-corrected chi connectivity index (χ4v) is 1.89. The Hall–Kier alpha value is -2.35. The lowest BCUT2D eigenvalue weighted by Crippen LogP contribution is -2.47. The third-order valence-corrected chi connectivity index (χ3v) is 2.86. The molecule has 0 saturated carbocycles. The second-order valence-corrected chi connectivity index (χ2v) is 4.31. The largest absolute Gasteiger partial charge is 0.373 e. The Kier molecular flexibility index (Phi) is 3.28. The van der Waals surface area contributed by atoms with Gasteiger partial charge in [-0.05, 0) is 31.0 Å². The fourth-order valence-electron chi connectivity index (χ4n) is 1.89. The van der Waals surface area contributed by atoms with Gasteiger partial charge in [0.25, 0.3) is 0 Å². The van der Waals surface area contributed by atoms with Crippen molar-refractivity contribution in [1.82, 2.24) is 5.32 Å². The summed E-state index contributed by atoms with van der Waals surface area (Å²) in [4.78, 5) is 22.7. The van der Waals surface area contributed by atoms with Crippen molar-refractivity contribution in [3.63, 3.8) is 0 Å². The summed E-state index contributed by atoms with van der Waals surface area (Å²) >= 11 is 0. The van der Waals surface area contributed by atoms with Gasteiger partial charge in [0.15, 0.2) is 0 Å². The molecular weight excluding hydrogens is 230 g/mol. The normalized spacial score (nSPS) is 19.0. The van der Waals surface area contributed by atoms with Gasteiger partial charge in [-0.2, -0.15) is 5.26 Å². The first kappa shape index (κ1) is 12.1. The molecule has 1 aromatic rings. The number of hydrogen-bond donors (Lipinski definition) is 2. The third kappa shape index (κ3) is 2.48. The first-order valence-corrected chi connectivity index (χ1v) is 5.71. The topological polar surface area (TPSA) is 82.0 Å². The Bertz CT molecular complexity index is 546. The summed E-state index contributed by atoms with van der Waals surface area (Å²) in [5.41, 5.74) is 2.13. The lowest BCUT2D eigenvalue weighted by molar-refractivity contribution is -0.133. The van der Waals surface area contributed by atoms with Crippen molar-refractivity contribution in [2.45, 2.75) is 25.8 Å². The number of nitrogens with zero attached hydrogens (tertiary/aromatic N) is 1.